The number of ketones is 1. The van der Waals surface area contributed by atoms with E-state index in [4.69, 9.17) is 0 Å². The molecule has 0 bridgehead atoms. The Kier molecular flexibility index (Phi) is 10.9. The van der Waals surface area contributed by atoms with Crippen molar-refractivity contribution in [2.75, 3.05) is 0 Å². The van der Waals surface area contributed by atoms with Crippen molar-refractivity contribution in [1.29, 1.82) is 0 Å². The molecule has 154 valence electrons. The van der Waals surface area contributed by atoms with Crippen LogP contribution in [-0.2, 0) is 9.59 Å². The fraction of sp³-hybridized carbons (Fsp3) is 0.682. The molecule has 5 heteroatoms. The minimum absolute atomic E-state index is 0.0562. The van der Waals surface area contributed by atoms with Gasteiger partial charge in [-0.25, -0.2) is 9.69 Å². The van der Waals surface area contributed by atoms with E-state index < -0.39 is 0 Å². The van der Waals surface area contributed by atoms with Gasteiger partial charge in [0.2, 0.25) is 5.91 Å². The average Bonchev–Trinajstić information content (AvgIpc) is 2.64. The third-order valence-corrected chi connectivity index (χ3v) is 4.75. The molecule has 0 fully saturated rings. The Morgan fingerprint density at radius 1 is 1.07 bits per heavy atom. The summed E-state index contributed by atoms with van der Waals surface area (Å²) in [4.78, 5) is 39.6. The van der Waals surface area contributed by atoms with Crippen molar-refractivity contribution in [3.63, 3.8) is 0 Å². The first-order valence-corrected chi connectivity index (χ1v) is 10.2. The zero-order chi connectivity index (χ0) is 21.3. The summed E-state index contributed by atoms with van der Waals surface area (Å²) in [5.74, 6) is 0.190. The van der Waals surface area contributed by atoms with Crippen LogP contribution >= 0.6 is 0 Å². The van der Waals surface area contributed by atoms with Crippen molar-refractivity contribution in [3.8, 4) is 0 Å². The van der Waals surface area contributed by atoms with Gasteiger partial charge in [0.25, 0.3) is 0 Å². The van der Waals surface area contributed by atoms with Crippen molar-refractivity contribution in [2.45, 2.75) is 94.0 Å². The Balaban J connectivity index is 0.00000326. The molecular formula is C22H38N2O3. The Labute approximate surface area is 165 Å². The van der Waals surface area contributed by atoms with Crippen LogP contribution in [-0.4, -0.2) is 33.6 Å². The lowest BCUT2D eigenvalue weighted by Crippen LogP contribution is -2.50. The number of amides is 3. The lowest BCUT2D eigenvalue weighted by molar-refractivity contribution is -0.127. The van der Waals surface area contributed by atoms with Crippen LogP contribution in [0.15, 0.2) is 23.0 Å². The summed E-state index contributed by atoms with van der Waals surface area (Å²) in [6.07, 6.45) is 4.17. The Bertz CT molecular complexity index is 603. The SMILES string of the molecule is CC.CCC(=O)N1C(=O)N(C(C)C)/C(=C(/C)C(C)CCC(C)=O)C=C1CC. The van der Waals surface area contributed by atoms with Gasteiger partial charge in [-0.15, -0.1) is 0 Å². The van der Waals surface area contributed by atoms with E-state index >= 15 is 0 Å². The van der Waals surface area contributed by atoms with E-state index in [9.17, 15) is 14.4 Å². The highest BCUT2D eigenvalue weighted by atomic mass is 16.2. The second-order valence-corrected chi connectivity index (χ2v) is 7.03. The minimum atomic E-state index is -0.269. The maximum atomic E-state index is 13.0. The van der Waals surface area contributed by atoms with E-state index in [0.29, 0.717) is 19.3 Å². The van der Waals surface area contributed by atoms with Crippen LogP contribution in [0.1, 0.15) is 88.0 Å². The molecular weight excluding hydrogens is 340 g/mol. The summed E-state index contributed by atoms with van der Waals surface area (Å²) in [6.45, 7) is 17.3. The van der Waals surface area contributed by atoms with E-state index in [0.717, 1.165) is 23.4 Å². The lowest BCUT2D eigenvalue weighted by atomic mass is 9.92. The second-order valence-electron chi connectivity index (χ2n) is 7.03. The van der Waals surface area contributed by atoms with Crippen LogP contribution in [0.2, 0.25) is 0 Å². The first-order chi connectivity index (χ1) is 12.6. The summed E-state index contributed by atoms with van der Waals surface area (Å²) < 4.78 is 0. The first kappa shape index (κ1) is 25.1. The molecule has 0 saturated heterocycles. The number of urea groups is 1. The Morgan fingerprint density at radius 3 is 2.04 bits per heavy atom. The van der Waals surface area contributed by atoms with Crippen LogP contribution in [0.5, 0.6) is 0 Å². The van der Waals surface area contributed by atoms with Gasteiger partial charge in [-0.2, -0.15) is 0 Å². The molecule has 1 aliphatic heterocycles. The molecule has 1 heterocycles. The second kappa shape index (κ2) is 11.7. The fourth-order valence-electron chi connectivity index (χ4n) is 3.00. The Morgan fingerprint density at radius 2 is 1.63 bits per heavy atom. The van der Waals surface area contributed by atoms with Gasteiger partial charge in [-0.05, 0) is 58.1 Å². The molecule has 1 aliphatic rings. The number of nitrogens with zero attached hydrogens (tertiary/aromatic N) is 2. The molecule has 0 aromatic rings. The molecule has 0 radical (unpaired) electrons. The lowest BCUT2D eigenvalue weighted by Gasteiger charge is -2.39. The van der Waals surface area contributed by atoms with Gasteiger partial charge >= 0.3 is 6.03 Å². The molecule has 1 atom stereocenters. The van der Waals surface area contributed by atoms with Gasteiger partial charge in [0.1, 0.15) is 5.78 Å². The smallest absolute Gasteiger partial charge is 0.300 e. The molecule has 27 heavy (non-hydrogen) atoms. The molecule has 0 spiro atoms. The molecule has 0 N–H and O–H groups in total. The monoisotopic (exact) mass is 378 g/mol. The highest BCUT2D eigenvalue weighted by Gasteiger charge is 2.36. The van der Waals surface area contributed by atoms with Gasteiger partial charge in [0, 0.05) is 30.3 Å². The maximum absolute atomic E-state index is 13.0. The molecule has 0 aromatic heterocycles. The zero-order valence-electron chi connectivity index (χ0n) is 18.7. The molecule has 3 amide bonds. The summed E-state index contributed by atoms with van der Waals surface area (Å²) in [5.41, 5.74) is 2.69. The number of hydrogen-bond acceptors (Lipinski definition) is 3. The quantitative estimate of drug-likeness (QED) is 0.573. The topological polar surface area (TPSA) is 57.7 Å². The molecule has 0 aromatic carbocycles. The minimum Gasteiger partial charge on any atom is -0.300 e. The van der Waals surface area contributed by atoms with E-state index in [2.05, 4.69) is 6.92 Å². The van der Waals surface area contributed by atoms with Gasteiger partial charge in [0.15, 0.2) is 0 Å². The van der Waals surface area contributed by atoms with Crippen LogP contribution in [0.3, 0.4) is 0 Å². The highest BCUT2D eigenvalue weighted by Crippen LogP contribution is 2.32. The van der Waals surface area contributed by atoms with Gasteiger partial charge < -0.3 is 4.79 Å². The number of rotatable bonds is 7. The van der Waals surface area contributed by atoms with Crippen LogP contribution in [0.4, 0.5) is 4.79 Å². The zero-order valence-corrected chi connectivity index (χ0v) is 18.7. The highest BCUT2D eigenvalue weighted by molar-refractivity contribution is 5.98. The third-order valence-electron chi connectivity index (χ3n) is 4.75. The predicted octanol–water partition coefficient (Wildman–Crippen LogP) is 5.67. The van der Waals surface area contributed by atoms with Crippen molar-refractivity contribution in [3.05, 3.63) is 23.0 Å². The van der Waals surface area contributed by atoms with Gasteiger partial charge in [0.05, 0.1) is 0 Å². The normalized spacial score (nSPS) is 17.3. The summed E-state index contributed by atoms with van der Waals surface area (Å²) in [6, 6.07) is -0.325. The molecule has 5 nitrogen and oxygen atoms in total. The number of Topliss-reactive ketones (excluding diaryl/α,β-unsaturated/α-hetero) is 1. The predicted molar refractivity (Wildman–Crippen MR) is 111 cm³/mol. The van der Waals surface area contributed by atoms with Crippen molar-refractivity contribution in [1.82, 2.24) is 9.80 Å². The van der Waals surface area contributed by atoms with E-state index in [1.54, 1.807) is 18.7 Å². The van der Waals surface area contributed by atoms with Crippen LogP contribution < -0.4 is 0 Å². The molecule has 1 unspecified atom stereocenters. The number of imide groups is 1. The van der Waals surface area contributed by atoms with Crippen LogP contribution in [0.25, 0.3) is 0 Å². The number of carbonyl (C=O) groups excluding carboxylic acids is 3. The number of allylic oxidation sites excluding steroid dienone is 3. The van der Waals surface area contributed by atoms with Gasteiger partial charge in [-0.3, -0.25) is 9.69 Å². The van der Waals surface area contributed by atoms with Gasteiger partial charge in [-0.1, -0.05) is 34.6 Å². The fourth-order valence-corrected chi connectivity index (χ4v) is 3.00. The van der Waals surface area contributed by atoms with Crippen molar-refractivity contribution >= 4 is 17.7 Å². The van der Waals surface area contributed by atoms with E-state index in [1.165, 1.54) is 4.90 Å². The number of hydrogen-bond donors (Lipinski definition) is 0. The first-order valence-electron chi connectivity index (χ1n) is 10.2. The molecule has 0 aliphatic carbocycles. The van der Waals surface area contributed by atoms with Crippen molar-refractivity contribution < 1.29 is 14.4 Å². The average molecular weight is 379 g/mol. The number of carbonyl (C=O) groups is 3. The summed E-state index contributed by atoms with van der Waals surface area (Å²) in [7, 11) is 0. The third kappa shape index (κ3) is 6.33. The largest absolute Gasteiger partial charge is 0.335 e. The van der Waals surface area contributed by atoms with Crippen molar-refractivity contribution in [2.24, 2.45) is 5.92 Å². The Hall–Kier alpha value is -1.91. The van der Waals surface area contributed by atoms with E-state index in [-0.39, 0.29) is 29.7 Å². The molecule has 1 rings (SSSR count). The molecule has 0 saturated carbocycles. The summed E-state index contributed by atoms with van der Waals surface area (Å²) in [5, 5.41) is 0. The van der Waals surface area contributed by atoms with Crippen LogP contribution in [0, 0.1) is 5.92 Å². The standard InChI is InChI=1S/C20H32N2O3.C2H6/c1-8-17-12-18(16(7)14(5)10-11-15(6)23)21(13(3)4)20(25)22(17)19(24)9-2;1-2/h12-14H,8-11H2,1-7H3;1-2H3/b18-16-;. The maximum Gasteiger partial charge on any atom is 0.335 e. The summed E-state index contributed by atoms with van der Waals surface area (Å²) >= 11 is 0. The van der Waals surface area contributed by atoms with E-state index in [1.807, 2.05) is 47.6 Å².